The number of amides is 1. The number of hydrogen-bond acceptors (Lipinski definition) is 4. The molecule has 0 saturated heterocycles. The number of aromatic nitrogens is 1. The van der Waals surface area contributed by atoms with Crippen molar-refractivity contribution in [3.63, 3.8) is 0 Å². The number of anilines is 1. The molecule has 1 atom stereocenters. The zero-order chi connectivity index (χ0) is 13.3. The summed E-state index contributed by atoms with van der Waals surface area (Å²) >= 11 is 1.61. The van der Waals surface area contributed by atoms with Gasteiger partial charge in [0, 0.05) is 5.69 Å². The number of nitrogens with one attached hydrogen (secondary N) is 1. The Morgan fingerprint density at radius 3 is 2.83 bits per heavy atom. The monoisotopic (exact) mass is 263 g/mol. The molecule has 1 amide bonds. The molecule has 0 saturated carbocycles. The fourth-order valence-electron chi connectivity index (χ4n) is 1.65. The number of benzene rings is 1. The molecule has 0 radical (unpaired) electrons. The van der Waals surface area contributed by atoms with Crippen LogP contribution in [0.4, 0.5) is 5.69 Å². The number of rotatable bonds is 3. The van der Waals surface area contributed by atoms with Gasteiger partial charge in [0.15, 0.2) is 0 Å². The van der Waals surface area contributed by atoms with Crippen molar-refractivity contribution < 1.29 is 4.79 Å². The van der Waals surface area contributed by atoms with Gasteiger partial charge in [-0.15, -0.1) is 11.3 Å². The van der Waals surface area contributed by atoms with Crippen LogP contribution in [0.1, 0.15) is 18.9 Å². The van der Waals surface area contributed by atoms with Crippen LogP contribution in [0.2, 0.25) is 0 Å². The lowest BCUT2D eigenvalue weighted by Crippen LogP contribution is -2.39. The van der Waals surface area contributed by atoms with Crippen LogP contribution in [0.15, 0.2) is 18.2 Å². The lowest BCUT2D eigenvalue weighted by molar-refractivity contribution is -0.118. The first kappa shape index (κ1) is 13.0. The van der Waals surface area contributed by atoms with E-state index in [1.54, 1.807) is 11.3 Å². The molecule has 96 valence electrons. The second kappa shape index (κ2) is 5.04. The fraction of sp³-hybridized carbons (Fsp3) is 0.385. The van der Waals surface area contributed by atoms with E-state index in [0.29, 0.717) is 0 Å². The number of thiazole rings is 1. The predicted octanol–water partition coefficient (Wildman–Crippen LogP) is 2.53. The number of aryl methyl sites for hydroxylation is 1. The molecule has 0 bridgehead atoms. The summed E-state index contributed by atoms with van der Waals surface area (Å²) < 4.78 is 1.07. The second-order valence-corrected chi connectivity index (χ2v) is 5.91. The molecule has 0 aliphatic carbocycles. The third-order valence-electron chi connectivity index (χ3n) is 2.78. The minimum atomic E-state index is -0.483. The quantitative estimate of drug-likeness (QED) is 0.894. The van der Waals surface area contributed by atoms with Crippen molar-refractivity contribution in [2.45, 2.75) is 26.8 Å². The van der Waals surface area contributed by atoms with E-state index in [0.717, 1.165) is 20.9 Å². The van der Waals surface area contributed by atoms with E-state index in [-0.39, 0.29) is 11.8 Å². The molecule has 1 heterocycles. The molecule has 0 unspecified atom stereocenters. The number of nitrogens with zero attached hydrogens (tertiary/aromatic N) is 1. The largest absolute Gasteiger partial charge is 0.325 e. The van der Waals surface area contributed by atoms with E-state index < -0.39 is 6.04 Å². The van der Waals surface area contributed by atoms with Crippen molar-refractivity contribution in [3.8, 4) is 0 Å². The molecule has 0 spiro atoms. The number of hydrogen-bond donors (Lipinski definition) is 2. The Hall–Kier alpha value is -1.46. The van der Waals surface area contributed by atoms with E-state index in [2.05, 4.69) is 10.3 Å². The van der Waals surface area contributed by atoms with Crippen LogP contribution in [0, 0.1) is 12.8 Å². The summed E-state index contributed by atoms with van der Waals surface area (Å²) in [5.41, 5.74) is 7.54. The number of nitrogens with two attached hydrogens (primary N) is 1. The maximum absolute atomic E-state index is 11.8. The molecule has 5 heteroatoms. The third-order valence-corrected chi connectivity index (χ3v) is 3.72. The highest BCUT2D eigenvalue weighted by Crippen LogP contribution is 2.24. The molecule has 3 N–H and O–H groups in total. The van der Waals surface area contributed by atoms with Crippen molar-refractivity contribution in [1.82, 2.24) is 4.98 Å². The van der Waals surface area contributed by atoms with Gasteiger partial charge < -0.3 is 11.1 Å². The highest BCUT2D eigenvalue weighted by molar-refractivity contribution is 7.18. The first-order chi connectivity index (χ1) is 8.47. The second-order valence-electron chi connectivity index (χ2n) is 4.67. The summed E-state index contributed by atoms with van der Waals surface area (Å²) in [5, 5.41) is 3.86. The van der Waals surface area contributed by atoms with Crippen molar-refractivity contribution in [2.24, 2.45) is 11.7 Å². The van der Waals surface area contributed by atoms with Gasteiger partial charge in [0.25, 0.3) is 0 Å². The highest BCUT2D eigenvalue weighted by Gasteiger charge is 2.17. The molecular formula is C13H17N3OS. The smallest absolute Gasteiger partial charge is 0.241 e. The van der Waals surface area contributed by atoms with Crippen molar-refractivity contribution in [3.05, 3.63) is 23.2 Å². The maximum atomic E-state index is 11.8. The van der Waals surface area contributed by atoms with Crippen molar-refractivity contribution >= 4 is 33.1 Å². The Kier molecular flexibility index (Phi) is 3.63. The Bertz CT molecular complexity index is 577. The normalized spacial score (nSPS) is 12.9. The topological polar surface area (TPSA) is 68.0 Å². The minimum Gasteiger partial charge on any atom is -0.325 e. The summed E-state index contributed by atoms with van der Waals surface area (Å²) in [6.45, 7) is 5.83. The molecule has 1 aromatic carbocycles. The number of carbonyl (C=O) groups excluding carboxylic acids is 1. The standard InChI is InChI=1S/C13H17N3OS/c1-7(2)12(14)13(17)16-9-4-5-10-11(6-9)18-8(3)15-10/h4-7,12H,14H2,1-3H3,(H,16,17)/t12-/m0/s1. The Labute approximate surface area is 110 Å². The van der Waals surface area contributed by atoms with Gasteiger partial charge in [0.2, 0.25) is 5.91 Å². The van der Waals surface area contributed by atoms with Gasteiger partial charge in [0.1, 0.15) is 0 Å². The third kappa shape index (κ3) is 2.68. The van der Waals surface area contributed by atoms with Gasteiger partial charge in [-0.05, 0) is 31.0 Å². The molecular weight excluding hydrogens is 246 g/mol. The SMILES string of the molecule is Cc1nc2ccc(NC(=O)[C@@H](N)C(C)C)cc2s1. The Balaban J connectivity index is 2.19. The molecule has 18 heavy (non-hydrogen) atoms. The summed E-state index contributed by atoms with van der Waals surface area (Å²) in [4.78, 5) is 16.2. The zero-order valence-corrected chi connectivity index (χ0v) is 11.5. The van der Waals surface area contributed by atoms with Gasteiger partial charge in [0.05, 0.1) is 21.3 Å². The van der Waals surface area contributed by atoms with Crippen LogP contribution in [-0.4, -0.2) is 16.9 Å². The number of carbonyl (C=O) groups is 1. The van der Waals surface area contributed by atoms with Crippen LogP contribution in [0.3, 0.4) is 0 Å². The molecule has 0 aliphatic rings. The van der Waals surface area contributed by atoms with E-state index in [9.17, 15) is 4.79 Å². The summed E-state index contributed by atoms with van der Waals surface area (Å²) in [5.74, 6) is -0.0232. The lowest BCUT2D eigenvalue weighted by Gasteiger charge is -2.15. The van der Waals surface area contributed by atoms with Gasteiger partial charge >= 0.3 is 0 Å². The first-order valence-corrected chi connectivity index (χ1v) is 6.72. The summed E-state index contributed by atoms with van der Waals surface area (Å²) in [6.07, 6.45) is 0. The van der Waals surface area contributed by atoms with Crippen LogP contribution in [0.25, 0.3) is 10.2 Å². The van der Waals surface area contributed by atoms with Gasteiger partial charge in [-0.3, -0.25) is 4.79 Å². The molecule has 4 nitrogen and oxygen atoms in total. The number of fused-ring (bicyclic) bond motifs is 1. The van der Waals surface area contributed by atoms with Crippen LogP contribution in [0.5, 0.6) is 0 Å². The summed E-state index contributed by atoms with van der Waals surface area (Å²) in [6, 6.07) is 5.22. The van der Waals surface area contributed by atoms with E-state index >= 15 is 0 Å². The molecule has 0 fully saturated rings. The average Bonchev–Trinajstić information content (AvgIpc) is 2.67. The molecule has 2 aromatic rings. The Morgan fingerprint density at radius 1 is 1.44 bits per heavy atom. The van der Waals surface area contributed by atoms with Gasteiger partial charge in [-0.2, -0.15) is 0 Å². The van der Waals surface area contributed by atoms with E-state index in [1.165, 1.54) is 0 Å². The highest BCUT2D eigenvalue weighted by atomic mass is 32.1. The van der Waals surface area contributed by atoms with Crippen molar-refractivity contribution in [1.29, 1.82) is 0 Å². The van der Waals surface area contributed by atoms with Crippen LogP contribution < -0.4 is 11.1 Å². The zero-order valence-electron chi connectivity index (χ0n) is 10.7. The molecule has 0 aliphatic heterocycles. The first-order valence-electron chi connectivity index (χ1n) is 5.91. The predicted molar refractivity (Wildman–Crippen MR) is 75.8 cm³/mol. The average molecular weight is 263 g/mol. The van der Waals surface area contributed by atoms with Gasteiger partial charge in [-0.1, -0.05) is 13.8 Å². The minimum absolute atomic E-state index is 0.124. The van der Waals surface area contributed by atoms with Crippen LogP contribution in [-0.2, 0) is 4.79 Å². The van der Waals surface area contributed by atoms with E-state index in [4.69, 9.17) is 5.73 Å². The summed E-state index contributed by atoms with van der Waals surface area (Å²) in [7, 11) is 0. The lowest BCUT2D eigenvalue weighted by atomic mass is 10.1. The van der Waals surface area contributed by atoms with E-state index in [1.807, 2.05) is 39.0 Å². The fourth-order valence-corrected chi connectivity index (χ4v) is 2.51. The van der Waals surface area contributed by atoms with Gasteiger partial charge in [-0.25, -0.2) is 4.98 Å². The maximum Gasteiger partial charge on any atom is 0.241 e. The van der Waals surface area contributed by atoms with Crippen molar-refractivity contribution in [2.75, 3.05) is 5.32 Å². The molecule has 1 aromatic heterocycles. The van der Waals surface area contributed by atoms with Crippen LogP contribution >= 0.6 is 11.3 Å². The molecule has 2 rings (SSSR count). The Morgan fingerprint density at radius 2 is 2.17 bits per heavy atom.